The van der Waals surface area contributed by atoms with Crippen LogP contribution < -0.4 is 0 Å². The molecule has 0 saturated carbocycles. The van der Waals surface area contributed by atoms with Gasteiger partial charge in [0.15, 0.2) is 0 Å². The van der Waals surface area contributed by atoms with Crippen LogP contribution in [0.25, 0.3) is 0 Å². The van der Waals surface area contributed by atoms with Crippen LogP contribution in [0.1, 0.15) is 33.1 Å². The van der Waals surface area contributed by atoms with E-state index >= 15 is 0 Å². The SMILES string of the molecule is CCC(C)N1CCN(CCCC(=O)OC)CC1. The minimum absolute atomic E-state index is 0.0942. The van der Waals surface area contributed by atoms with E-state index in [0.717, 1.165) is 39.1 Å². The average Bonchev–Trinajstić information content (AvgIpc) is 2.38. The van der Waals surface area contributed by atoms with Gasteiger partial charge in [-0.05, 0) is 26.3 Å². The third-order valence-electron chi connectivity index (χ3n) is 3.70. The van der Waals surface area contributed by atoms with Crippen LogP contribution in [-0.2, 0) is 9.53 Å². The topological polar surface area (TPSA) is 32.8 Å². The van der Waals surface area contributed by atoms with E-state index in [1.807, 2.05) is 0 Å². The van der Waals surface area contributed by atoms with Crippen LogP contribution in [0.15, 0.2) is 0 Å². The minimum Gasteiger partial charge on any atom is -0.469 e. The number of carbonyl (C=O) groups is 1. The van der Waals surface area contributed by atoms with Gasteiger partial charge in [-0.2, -0.15) is 0 Å². The van der Waals surface area contributed by atoms with E-state index < -0.39 is 0 Å². The molecule has 1 saturated heterocycles. The number of rotatable bonds is 6. The standard InChI is InChI=1S/C13H26N2O2/c1-4-12(2)15-10-8-14(9-11-15)7-5-6-13(16)17-3/h12H,4-11H2,1-3H3. The Balaban J connectivity index is 2.13. The van der Waals surface area contributed by atoms with E-state index in [-0.39, 0.29) is 5.97 Å². The van der Waals surface area contributed by atoms with Gasteiger partial charge in [-0.15, -0.1) is 0 Å². The summed E-state index contributed by atoms with van der Waals surface area (Å²) in [6.07, 6.45) is 2.68. The largest absolute Gasteiger partial charge is 0.469 e. The Morgan fingerprint density at radius 3 is 2.47 bits per heavy atom. The van der Waals surface area contributed by atoms with Crippen molar-refractivity contribution < 1.29 is 9.53 Å². The molecule has 1 unspecified atom stereocenters. The minimum atomic E-state index is -0.0942. The Hall–Kier alpha value is -0.610. The number of methoxy groups -OCH3 is 1. The summed E-state index contributed by atoms with van der Waals surface area (Å²) in [5.74, 6) is -0.0942. The molecule has 0 aromatic heterocycles. The van der Waals surface area contributed by atoms with Gasteiger partial charge in [-0.3, -0.25) is 9.69 Å². The molecule has 0 spiro atoms. The first-order chi connectivity index (χ1) is 8.17. The number of hydrogen-bond donors (Lipinski definition) is 0. The van der Waals surface area contributed by atoms with Crippen molar-refractivity contribution in [3.8, 4) is 0 Å². The third-order valence-corrected chi connectivity index (χ3v) is 3.70. The molecular formula is C13H26N2O2. The van der Waals surface area contributed by atoms with E-state index in [4.69, 9.17) is 0 Å². The van der Waals surface area contributed by atoms with Crippen LogP contribution in [0.5, 0.6) is 0 Å². The normalized spacial score (nSPS) is 20.2. The first kappa shape index (κ1) is 14.5. The lowest BCUT2D eigenvalue weighted by Crippen LogP contribution is -2.49. The van der Waals surface area contributed by atoms with Crippen molar-refractivity contribution in [1.82, 2.24) is 9.80 Å². The van der Waals surface area contributed by atoms with Gasteiger partial charge in [-0.25, -0.2) is 0 Å². The van der Waals surface area contributed by atoms with E-state index in [1.54, 1.807) is 0 Å². The van der Waals surface area contributed by atoms with Gasteiger partial charge in [0.1, 0.15) is 0 Å². The molecule has 1 heterocycles. The number of ether oxygens (including phenoxy) is 1. The molecule has 0 radical (unpaired) electrons. The summed E-state index contributed by atoms with van der Waals surface area (Å²) < 4.78 is 4.64. The highest BCUT2D eigenvalue weighted by Crippen LogP contribution is 2.09. The quantitative estimate of drug-likeness (QED) is 0.658. The number of piperazine rings is 1. The molecule has 100 valence electrons. The molecule has 0 aromatic carbocycles. The molecule has 0 aromatic rings. The Morgan fingerprint density at radius 1 is 1.29 bits per heavy atom. The molecule has 4 nitrogen and oxygen atoms in total. The van der Waals surface area contributed by atoms with E-state index in [0.29, 0.717) is 12.5 Å². The van der Waals surface area contributed by atoms with Crippen molar-refractivity contribution in [3.05, 3.63) is 0 Å². The molecule has 1 aliphatic heterocycles. The molecule has 0 amide bonds. The highest BCUT2D eigenvalue weighted by molar-refractivity contribution is 5.69. The molecule has 4 heteroatoms. The highest BCUT2D eigenvalue weighted by Gasteiger charge is 2.19. The Morgan fingerprint density at radius 2 is 1.94 bits per heavy atom. The molecular weight excluding hydrogens is 216 g/mol. The summed E-state index contributed by atoms with van der Waals surface area (Å²) in [6.45, 7) is 10.1. The first-order valence-electron chi connectivity index (χ1n) is 6.70. The van der Waals surface area contributed by atoms with Crippen LogP contribution in [0.4, 0.5) is 0 Å². The van der Waals surface area contributed by atoms with Crippen molar-refractivity contribution >= 4 is 5.97 Å². The molecule has 0 aliphatic carbocycles. The van der Waals surface area contributed by atoms with Gasteiger partial charge in [0.05, 0.1) is 7.11 Å². The lowest BCUT2D eigenvalue weighted by molar-refractivity contribution is -0.140. The molecule has 1 fully saturated rings. The lowest BCUT2D eigenvalue weighted by Gasteiger charge is -2.37. The fourth-order valence-corrected chi connectivity index (χ4v) is 2.23. The predicted octanol–water partition coefficient (Wildman–Crippen LogP) is 1.36. The van der Waals surface area contributed by atoms with E-state index in [2.05, 4.69) is 28.4 Å². The fourth-order valence-electron chi connectivity index (χ4n) is 2.23. The number of nitrogens with zero attached hydrogens (tertiary/aromatic N) is 2. The van der Waals surface area contributed by atoms with Crippen molar-refractivity contribution in [2.24, 2.45) is 0 Å². The monoisotopic (exact) mass is 242 g/mol. The van der Waals surface area contributed by atoms with E-state index in [1.165, 1.54) is 13.5 Å². The summed E-state index contributed by atoms with van der Waals surface area (Å²) in [4.78, 5) is 16.0. The molecule has 1 atom stereocenters. The van der Waals surface area contributed by atoms with Gasteiger partial charge in [-0.1, -0.05) is 6.92 Å². The second-order valence-electron chi connectivity index (χ2n) is 4.81. The Bertz CT molecular complexity index is 225. The van der Waals surface area contributed by atoms with E-state index in [9.17, 15) is 4.79 Å². The maximum atomic E-state index is 11.0. The number of esters is 1. The second-order valence-corrected chi connectivity index (χ2v) is 4.81. The summed E-state index contributed by atoms with van der Waals surface area (Å²) in [7, 11) is 1.45. The maximum Gasteiger partial charge on any atom is 0.305 e. The second kappa shape index (κ2) is 7.67. The first-order valence-corrected chi connectivity index (χ1v) is 6.70. The van der Waals surface area contributed by atoms with Crippen molar-refractivity contribution in [3.63, 3.8) is 0 Å². The Kier molecular flexibility index (Phi) is 6.52. The van der Waals surface area contributed by atoms with Crippen LogP contribution in [0, 0.1) is 0 Å². The zero-order valence-electron chi connectivity index (χ0n) is 11.4. The number of carbonyl (C=O) groups excluding carboxylic acids is 1. The van der Waals surface area contributed by atoms with Crippen LogP contribution in [0.3, 0.4) is 0 Å². The molecule has 0 N–H and O–H groups in total. The summed E-state index contributed by atoms with van der Waals surface area (Å²) >= 11 is 0. The van der Waals surface area contributed by atoms with Crippen LogP contribution >= 0.6 is 0 Å². The zero-order chi connectivity index (χ0) is 12.7. The zero-order valence-corrected chi connectivity index (χ0v) is 11.4. The van der Waals surface area contributed by atoms with Gasteiger partial charge >= 0.3 is 5.97 Å². The van der Waals surface area contributed by atoms with Crippen LogP contribution in [-0.4, -0.2) is 61.6 Å². The lowest BCUT2D eigenvalue weighted by atomic mass is 10.2. The van der Waals surface area contributed by atoms with Gasteiger partial charge < -0.3 is 9.64 Å². The van der Waals surface area contributed by atoms with Crippen molar-refractivity contribution in [2.45, 2.75) is 39.2 Å². The van der Waals surface area contributed by atoms with Gasteiger partial charge in [0, 0.05) is 38.6 Å². The smallest absolute Gasteiger partial charge is 0.305 e. The number of hydrogen-bond acceptors (Lipinski definition) is 4. The molecule has 1 rings (SSSR count). The van der Waals surface area contributed by atoms with Gasteiger partial charge in [0.25, 0.3) is 0 Å². The molecule has 0 bridgehead atoms. The highest BCUT2D eigenvalue weighted by atomic mass is 16.5. The average molecular weight is 242 g/mol. The van der Waals surface area contributed by atoms with Crippen molar-refractivity contribution in [2.75, 3.05) is 39.8 Å². The maximum absolute atomic E-state index is 11.0. The molecule has 17 heavy (non-hydrogen) atoms. The molecule has 1 aliphatic rings. The third kappa shape index (κ3) is 5.04. The summed E-state index contributed by atoms with van der Waals surface area (Å²) in [6, 6.07) is 0.701. The summed E-state index contributed by atoms with van der Waals surface area (Å²) in [5.41, 5.74) is 0. The fraction of sp³-hybridized carbons (Fsp3) is 0.923. The Labute approximate surface area is 105 Å². The summed E-state index contributed by atoms with van der Waals surface area (Å²) in [5, 5.41) is 0. The van der Waals surface area contributed by atoms with Crippen molar-refractivity contribution in [1.29, 1.82) is 0 Å². The predicted molar refractivity (Wildman–Crippen MR) is 69.0 cm³/mol. The van der Waals surface area contributed by atoms with Crippen LogP contribution in [0.2, 0.25) is 0 Å². The van der Waals surface area contributed by atoms with Gasteiger partial charge in [0.2, 0.25) is 0 Å².